The van der Waals surface area contributed by atoms with Gasteiger partial charge in [0.2, 0.25) is 0 Å². The molecular formula is C16H19ClFNO. The molecule has 0 saturated heterocycles. The first kappa shape index (κ1) is 16.5. The summed E-state index contributed by atoms with van der Waals surface area (Å²) in [6, 6.07) is 14.2. The summed E-state index contributed by atoms with van der Waals surface area (Å²) in [7, 11) is 0. The van der Waals surface area contributed by atoms with E-state index in [9.17, 15) is 4.39 Å². The van der Waals surface area contributed by atoms with E-state index in [-0.39, 0.29) is 30.0 Å². The molecule has 4 heteroatoms. The van der Waals surface area contributed by atoms with E-state index in [0.717, 1.165) is 12.0 Å². The molecule has 0 aliphatic carbocycles. The topological polar surface area (TPSA) is 35.2 Å². The molecule has 0 saturated carbocycles. The number of hydrogen-bond donors (Lipinski definition) is 1. The Labute approximate surface area is 125 Å². The highest BCUT2D eigenvalue weighted by Crippen LogP contribution is 2.25. The highest BCUT2D eigenvalue weighted by atomic mass is 35.5. The summed E-state index contributed by atoms with van der Waals surface area (Å²) in [5.41, 5.74) is 6.76. The van der Waals surface area contributed by atoms with Gasteiger partial charge in [-0.05, 0) is 42.7 Å². The molecule has 2 rings (SSSR count). The molecule has 2 aromatic carbocycles. The van der Waals surface area contributed by atoms with Crippen molar-refractivity contribution in [2.24, 2.45) is 5.73 Å². The Kier molecular flexibility index (Phi) is 6.49. The summed E-state index contributed by atoms with van der Waals surface area (Å²) < 4.78 is 19.4. The molecule has 0 aliphatic heterocycles. The highest BCUT2D eigenvalue weighted by molar-refractivity contribution is 5.85. The fourth-order valence-electron chi connectivity index (χ4n) is 1.82. The van der Waals surface area contributed by atoms with Gasteiger partial charge in [-0.15, -0.1) is 12.4 Å². The normalized spacial score (nSPS) is 11.6. The summed E-state index contributed by atoms with van der Waals surface area (Å²) >= 11 is 0. The first-order chi connectivity index (χ1) is 9.19. The second-order valence-electron chi connectivity index (χ2n) is 4.55. The molecule has 0 aromatic heterocycles. The maximum atomic E-state index is 13.9. The van der Waals surface area contributed by atoms with Gasteiger partial charge in [0.05, 0.1) is 0 Å². The zero-order valence-electron chi connectivity index (χ0n) is 11.4. The van der Waals surface area contributed by atoms with Crippen molar-refractivity contribution in [3.05, 3.63) is 59.9 Å². The third-order valence-corrected chi connectivity index (χ3v) is 2.99. The van der Waals surface area contributed by atoms with Crippen LogP contribution in [-0.2, 0) is 6.42 Å². The SMILES string of the molecule is CCC(N)Cc1ccc(Oc2ccccc2)c(F)c1.Cl. The lowest BCUT2D eigenvalue weighted by molar-refractivity contribution is 0.441. The van der Waals surface area contributed by atoms with E-state index < -0.39 is 0 Å². The largest absolute Gasteiger partial charge is 0.454 e. The molecule has 20 heavy (non-hydrogen) atoms. The third kappa shape index (κ3) is 4.51. The van der Waals surface area contributed by atoms with Crippen molar-refractivity contribution < 1.29 is 9.13 Å². The molecule has 0 spiro atoms. The Balaban J connectivity index is 0.00000200. The number of rotatable bonds is 5. The Morgan fingerprint density at radius 2 is 1.85 bits per heavy atom. The molecule has 0 bridgehead atoms. The van der Waals surface area contributed by atoms with Gasteiger partial charge < -0.3 is 10.5 Å². The van der Waals surface area contributed by atoms with Crippen LogP contribution in [0, 0.1) is 5.82 Å². The number of para-hydroxylation sites is 1. The number of halogens is 2. The summed E-state index contributed by atoms with van der Waals surface area (Å²) in [5.74, 6) is 0.504. The molecule has 2 aromatic rings. The van der Waals surface area contributed by atoms with Gasteiger partial charge in [0.1, 0.15) is 5.75 Å². The maximum absolute atomic E-state index is 13.9. The Morgan fingerprint density at radius 3 is 2.45 bits per heavy atom. The van der Waals surface area contributed by atoms with Crippen LogP contribution in [0.3, 0.4) is 0 Å². The van der Waals surface area contributed by atoms with E-state index in [4.69, 9.17) is 10.5 Å². The molecule has 2 N–H and O–H groups in total. The van der Waals surface area contributed by atoms with E-state index >= 15 is 0 Å². The fraction of sp³-hybridized carbons (Fsp3) is 0.250. The molecular weight excluding hydrogens is 277 g/mol. The number of benzene rings is 2. The van der Waals surface area contributed by atoms with Gasteiger partial charge in [0.15, 0.2) is 11.6 Å². The van der Waals surface area contributed by atoms with Gasteiger partial charge in [-0.3, -0.25) is 0 Å². The summed E-state index contributed by atoms with van der Waals surface area (Å²) in [6.45, 7) is 2.02. The van der Waals surface area contributed by atoms with Crippen molar-refractivity contribution in [1.82, 2.24) is 0 Å². The summed E-state index contributed by atoms with van der Waals surface area (Å²) in [4.78, 5) is 0. The van der Waals surface area contributed by atoms with Crippen LogP contribution in [0.2, 0.25) is 0 Å². The predicted molar refractivity (Wildman–Crippen MR) is 82.1 cm³/mol. The van der Waals surface area contributed by atoms with Crippen molar-refractivity contribution in [2.45, 2.75) is 25.8 Å². The first-order valence-electron chi connectivity index (χ1n) is 6.46. The van der Waals surface area contributed by atoms with Gasteiger partial charge in [0, 0.05) is 6.04 Å². The van der Waals surface area contributed by atoms with Gasteiger partial charge in [0.25, 0.3) is 0 Å². The van der Waals surface area contributed by atoms with Gasteiger partial charge in [-0.2, -0.15) is 0 Å². The fourth-order valence-corrected chi connectivity index (χ4v) is 1.82. The van der Waals surface area contributed by atoms with Crippen molar-refractivity contribution in [2.75, 3.05) is 0 Å². The highest BCUT2D eigenvalue weighted by Gasteiger charge is 2.08. The van der Waals surface area contributed by atoms with E-state index in [0.29, 0.717) is 12.2 Å². The molecule has 108 valence electrons. The van der Waals surface area contributed by atoms with E-state index in [1.54, 1.807) is 18.2 Å². The van der Waals surface area contributed by atoms with E-state index in [1.165, 1.54) is 6.07 Å². The van der Waals surface area contributed by atoms with Crippen LogP contribution in [0.1, 0.15) is 18.9 Å². The number of nitrogens with two attached hydrogens (primary N) is 1. The summed E-state index contributed by atoms with van der Waals surface area (Å²) in [6.07, 6.45) is 1.56. The lowest BCUT2D eigenvalue weighted by Gasteiger charge is -2.11. The molecule has 1 atom stereocenters. The molecule has 0 aliphatic rings. The van der Waals surface area contributed by atoms with Gasteiger partial charge >= 0.3 is 0 Å². The monoisotopic (exact) mass is 295 g/mol. The molecule has 1 unspecified atom stereocenters. The predicted octanol–water partition coefficient (Wildman–Crippen LogP) is 4.32. The van der Waals surface area contributed by atoms with Crippen molar-refractivity contribution in [1.29, 1.82) is 0 Å². The Bertz CT molecular complexity index is 533. The lowest BCUT2D eigenvalue weighted by Crippen LogP contribution is -2.21. The zero-order valence-corrected chi connectivity index (χ0v) is 12.2. The third-order valence-electron chi connectivity index (χ3n) is 2.99. The van der Waals surface area contributed by atoms with Crippen LogP contribution >= 0.6 is 12.4 Å². The molecule has 0 fully saturated rings. The average Bonchev–Trinajstić information content (AvgIpc) is 2.43. The molecule has 0 amide bonds. The summed E-state index contributed by atoms with van der Waals surface area (Å²) in [5, 5.41) is 0. The van der Waals surface area contributed by atoms with Crippen molar-refractivity contribution in [3.63, 3.8) is 0 Å². The first-order valence-corrected chi connectivity index (χ1v) is 6.46. The van der Waals surface area contributed by atoms with Crippen LogP contribution in [0.15, 0.2) is 48.5 Å². The molecule has 0 heterocycles. The maximum Gasteiger partial charge on any atom is 0.165 e. The van der Waals surface area contributed by atoms with Crippen molar-refractivity contribution >= 4 is 12.4 Å². The van der Waals surface area contributed by atoms with Gasteiger partial charge in [-0.1, -0.05) is 31.2 Å². The van der Waals surface area contributed by atoms with Crippen LogP contribution in [-0.4, -0.2) is 6.04 Å². The zero-order chi connectivity index (χ0) is 13.7. The average molecular weight is 296 g/mol. The smallest absolute Gasteiger partial charge is 0.165 e. The lowest BCUT2D eigenvalue weighted by atomic mass is 10.0. The van der Waals surface area contributed by atoms with Crippen LogP contribution < -0.4 is 10.5 Å². The van der Waals surface area contributed by atoms with E-state index in [1.807, 2.05) is 31.2 Å². The molecule has 2 nitrogen and oxygen atoms in total. The van der Waals surface area contributed by atoms with Crippen LogP contribution in [0.25, 0.3) is 0 Å². The minimum absolute atomic E-state index is 0. The second kappa shape index (κ2) is 7.88. The minimum Gasteiger partial charge on any atom is -0.454 e. The van der Waals surface area contributed by atoms with Crippen LogP contribution in [0.5, 0.6) is 11.5 Å². The molecule has 0 radical (unpaired) electrons. The quantitative estimate of drug-likeness (QED) is 0.891. The van der Waals surface area contributed by atoms with Crippen LogP contribution in [0.4, 0.5) is 4.39 Å². The minimum atomic E-state index is -0.357. The standard InChI is InChI=1S/C16H18FNO.ClH/c1-2-13(18)10-12-8-9-16(15(17)11-12)19-14-6-4-3-5-7-14;/h3-9,11,13H,2,10,18H2,1H3;1H. The number of hydrogen-bond acceptors (Lipinski definition) is 2. The van der Waals surface area contributed by atoms with Crippen molar-refractivity contribution in [3.8, 4) is 11.5 Å². The Hall–Kier alpha value is -1.58. The second-order valence-corrected chi connectivity index (χ2v) is 4.55. The Morgan fingerprint density at radius 1 is 1.15 bits per heavy atom. The number of ether oxygens (including phenoxy) is 1. The van der Waals surface area contributed by atoms with Gasteiger partial charge in [-0.25, -0.2) is 4.39 Å². The van der Waals surface area contributed by atoms with E-state index in [2.05, 4.69) is 0 Å².